The van der Waals surface area contributed by atoms with Gasteiger partial charge in [0.2, 0.25) is 0 Å². The zero-order valence-electron chi connectivity index (χ0n) is 7.40. The van der Waals surface area contributed by atoms with Gasteiger partial charge in [-0.2, -0.15) is 0 Å². The lowest BCUT2D eigenvalue weighted by atomic mass is 10.2. The molecule has 1 unspecified atom stereocenters. The Balaban J connectivity index is 2.84. The molecular formula is C9H12O3S. The molecule has 1 aromatic rings. The van der Waals surface area contributed by atoms with Crippen molar-refractivity contribution >= 4 is 11.1 Å². The summed E-state index contributed by atoms with van der Waals surface area (Å²) in [6, 6.07) is 7.25. The molecule has 0 aromatic heterocycles. The number of benzene rings is 1. The molecule has 0 bridgehead atoms. The SMILES string of the molecule is CCOc1ccccc1CS(=O)O. The van der Waals surface area contributed by atoms with Crippen molar-refractivity contribution in [2.45, 2.75) is 12.7 Å². The fourth-order valence-corrected chi connectivity index (χ4v) is 1.56. The minimum atomic E-state index is -1.81. The molecule has 1 aromatic carbocycles. The number of hydrogen-bond donors (Lipinski definition) is 1. The topological polar surface area (TPSA) is 46.5 Å². The van der Waals surface area contributed by atoms with Crippen LogP contribution in [0.1, 0.15) is 12.5 Å². The van der Waals surface area contributed by atoms with Crippen molar-refractivity contribution in [2.75, 3.05) is 6.61 Å². The standard InChI is InChI=1S/C9H12O3S/c1-2-12-9-6-4-3-5-8(9)7-13(10)11/h3-6H,2,7H2,1H3,(H,10,11). The molecule has 72 valence electrons. The minimum absolute atomic E-state index is 0.121. The molecule has 0 aliphatic heterocycles. The van der Waals surface area contributed by atoms with E-state index in [1.807, 2.05) is 19.1 Å². The summed E-state index contributed by atoms with van der Waals surface area (Å²) < 4.78 is 24.6. The Kier molecular flexibility index (Phi) is 3.92. The summed E-state index contributed by atoms with van der Waals surface area (Å²) in [4.78, 5) is 0. The lowest BCUT2D eigenvalue weighted by Gasteiger charge is -2.07. The molecular weight excluding hydrogens is 188 g/mol. The van der Waals surface area contributed by atoms with Crippen LogP contribution in [0, 0.1) is 0 Å². The minimum Gasteiger partial charge on any atom is -0.494 e. The van der Waals surface area contributed by atoms with Gasteiger partial charge in [-0.1, -0.05) is 18.2 Å². The summed E-state index contributed by atoms with van der Waals surface area (Å²) in [6.45, 7) is 2.45. The van der Waals surface area contributed by atoms with Crippen LogP contribution in [0.25, 0.3) is 0 Å². The summed E-state index contributed by atoms with van der Waals surface area (Å²) in [5.74, 6) is 0.809. The molecule has 4 heteroatoms. The van der Waals surface area contributed by atoms with Crippen LogP contribution in [0.2, 0.25) is 0 Å². The van der Waals surface area contributed by atoms with Gasteiger partial charge in [0, 0.05) is 5.56 Å². The molecule has 0 fully saturated rings. The highest BCUT2D eigenvalue weighted by atomic mass is 32.2. The van der Waals surface area contributed by atoms with Crippen molar-refractivity contribution in [3.05, 3.63) is 29.8 Å². The van der Waals surface area contributed by atoms with Crippen LogP contribution < -0.4 is 4.74 Å². The third-order valence-corrected chi connectivity index (χ3v) is 2.11. The fourth-order valence-electron chi connectivity index (χ4n) is 1.05. The van der Waals surface area contributed by atoms with Gasteiger partial charge in [-0.15, -0.1) is 0 Å². The molecule has 1 rings (SSSR count). The van der Waals surface area contributed by atoms with Crippen LogP contribution in [0.3, 0.4) is 0 Å². The number of rotatable bonds is 4. The Morgan fingerprint density at radius 2 is 2.15 bits per heavy atom. The van der Waals surface area contributed by atoms with Crippen molar-refractivity contribution in [1.29, 1.82) is 0 Å². The average Bonchev–Trinajstić information content (AvgIpc) is 2.08. The lowest BCUT2D eigenvalue weighted by molar-refractivity contribution is 0.337. The Morgan fingerprint density at radius 3 is 2.77 bits per heavy atom. The second-order valence-electron chi connectivity index (χ2n) is 2.51. The molecule has 0 radical (unpaired) electrons. The van der Waals surface area contributed by atoms with Gasteiger partial charge in [-0.05, 0) is 13.0 Å². The van der Waals surface area contributed by atoms with Crippen molar-refractivity contribution < 1.29 is 13.5 Å². The summed E-state index contributed by atoms with van der Waals surface area (Å²) in [7, 11) is 0. The van der Waals surface area contributed by atoms with E-state index in [2.05, 4.69) is 0 Å². The Labute approximate surface area is 80.0 Å². The molecule has 0 aliphatic rings. The van der Waals surface area contributed by atoms with Crippen molar-refractivity contribution in [2.24, 2.45) is 0 Å². The van der Waals surface area contributed by atoms with Gasteiger partial charge >= 0.3 is 0 Å². The molecule has 0 aliphatic carbocycles. The maximum Gasteiger partial charge on any atom is 0.157 e. The highest BCUT2D eigenvalue weighted by Gasteiger charge is 2.04. The van der Waals surface area contributed by atoms with E-state index >= 15 is 0 Å². The van der Waals surface area contributed by atoms with Gasteiger partial charge < -0.3 is 9.29 Å². The Hall–Kier alpha value is -0.870. The third-order valence-electron chi connectivity index (χ3n) is 1.55. The van der Waals surface area contributed by atoms with Crippen LogP contribution in [0.5, 0.6) is 5.75 Å². The van der Waals surface area contributed by atoms with Crippen LogP contribution >= 0.6 is 0 Å². The fraction of sp³-hybridized carbons (Fsp3) is 0.333. The third kappa shape index (κ3) is 3.16. The molecule has 0 amide bonds. The Bertz CT molecular complexity index is 299. The summed E-state index contributed by atoms with van der Waals surface area (Å²) >= 11 is -1.81. The second-order valence-corrected chi connectivity index (χ2v) is 3.44. The van der Waals surface area contributed by atoms with Crippen LogP contribution in [-0.2, 0) is 16.8 Å². The number of ether oxygens (including phenoxy) is 1. The van der Waals surface area contributed by atoms with Gasteiger partial charge in [0.1, 0.15) is 5.75 Å². The normalized spacial score (nSPS) is 12.5. The maximum absolute atomic E-state index is 10.6. The first-order valence-corrected chi connectivity index (χ1v) is 5.29. The highest BCUT2D eigenvalue weighted by Crippen LogP contribution is 2.18. The monoisotopic (exact) mass is 200 g/mol. The lowest BCUT2D eigenvalue weighted by Crippen LogP contribution is -1.99. The van der Waals surface area contributed by atoms with Gasteiger partial charge in [-0.3, -0.25) is 0 Å². The predicted octanol–water partition coefficient (Wildman–Crippen LogP) is 1.81. The van der Waals surface area contributed by atoms with E-state index in [9.17, 15) is 4.21 Å². The molecule has 3 nitrogen and oxygen atoms in total. The first-order valence-electron chi connectivity index (χ1n) is 4.02. The van der Waals surface area contributed by atoms with Crippen molar-refractivity contribution in [3.63, 3.8) is 0 Å². The molecule has 0 heterocycles. The highest BCUT2D eigenvalue weighted by molar-refractivity contribution is 7.78. The maximum atomic E-state index is 10.6. The Morgan fingerprint density at radius 1 is 1.46 bits per heavy atom. The van der Waals surface area contributed by atoms with E-state index in [0.717, 1.165) is 5.56 Å². The quantitative estimate of drug-likeness (QED) is 0.754. The summed E-state index contributed by atoms with van der Waals surface area (Å²) in [5, 5.41) is 0. The molecule has 0 saturated heterocycles. The summed E-state index contributed by atoms with van der Waals surface area (Å²) in [5.41, 5.74) is 0.769. The number of hydrogen-bond acceptors (Lipinski definition) is 2. The average molecular weight is 200 g/mol. The van der Waals surface area contributed by atoms with E-state index in [1.54, 1.807) is 12.1 Å². The zero-order chi connectivity index (χ0) is 9.68. The first kappa shape index (κ1) is 10.2. The van der Waals surface area contributed by atoms with Crippen molar-refractivity contribution in [3.8, 4) is 5.75 Å². The van der Waals surface area contributed by atoms with E-state index in [4.69, 9.17) is 9.29 Å². The van der Waals surface area contributed by atoms with E-state index < -0.39 is 11.1 Å². The van der Waals surface area contributed by atoms with E-state index in [0.29, 0.717) is 12.4 Å². The molecule has 0 spiro atoms. The van der Waals surface area contributed by atoms with Crippen molar-refractivity contribution in [1.82, 2.24) is 0 Å². The zero-order valence-corrected chi connectivity index (χ0v) is 8.21. The number of para-hydroxylation sites is 1. The van der Waals surface area contributed by atoms with Gasteiger partial charge in [0.15, 0.2) is 11.1 Å². The van der Waals surface area contributed by atoms with Crippen LogP contribution in [0.4, 0.5) is 0 Å². The summed E-state index contributed by atoms with van der Waals surface area (Å²) in [6.07, 6.45) is 0. The van der Waals surface area contributed by atoms with Crippen LogP contribution in [0.15, 0.2) is 24.3 Å². The molecule has 1 N–H and O–H groups in total. The molecule has 1 atom stereocenters. The smallest absolute Gasteiger partial charge is 0.157 e. The van der Waals surface area contributed by atoms with Crippen LogP contribution in [-0.4, -0.2) is 15.4 Å². The van der Waals surface area contributed by atoms with E-state index in [1.165, 1.54) is 0 Å². The molecule has 13 heavy (non-hydrogen) atoms. The molecule has 0 saturated carbocycles. The largest absolute Gasteiger partial charge is 0.494 e. The van der Waals surface area contributed by atoms with Gasteiger partial charge in [0.05, 0.1) is 12.4 Å². The second kappa shape index (κ2) is 4.99. The predicted molar refractivity (Wildman–Crippen MR) is 52.1 cm³/mol. The van der Waals surface area contributed by atoms with Gasteiger partial charge in [-0.25, -0.2) is 4.21 Å². The van der Waals surface area contributed by atoms with Gasteiger partial charge in [0.25, 0.3) is 0 Å². The first-order chi connectivity index (χ1) is 6.24. The van der Waals surface area contributed by atoms with E-state index in [-0.39, 0.29) is 5.75 Å².